The summed E-state index contributed by atoms with van der Waals surface area (Å²) in [5.41, 5.74) is 0.291. The van der Waals surface area contributed by atoms with Gasteiger partial charge in [-0.3, -0.25) is 9.69 Å². The largest absolute Gasteiger partial charge is 0.384 e. The molecular formula is C17H31Cl2N5O3. The molecule has 8 nitrogen and oxygen atoms in total. The highest BCUT2D eigenvalue weighted by atomic mass is 35.5. The van der Waals surface area contributed by atoms with E-state index in [1.165, 1.54) is 0 Å². The number of ether oxygens (including phenoxy) is 1. The Hall–Kier alpha value is -0.930. The van der Waals surface area contributed by atoms with Gasteiger partial charge in [0.05, 0.1) is 19.2 Å². The maximum Gasteiger partial charge on any atom is 0.246 e. The fourth-order valence-electron chi connectivity index (χ4n) is 4.05. The molecule has 0 aliphatic carbocycles. The predicted octanol–water partition coefficient (Wildman–Crippen LogP) is 1.13. The van der Waals surface area contributed by atoms with E-state index in [1.54, 1.807) is 12.0 Å². The van der Waals surface area contributed by atoms with Crippen LogP contribution in [0.2, 0.25) is 0 Å². The number of hydrogen-bond acceptors (Lipinski definition) is 7. The van der Waals surface area contributed by atoms with Crippen LogP contribution in [0.15, 0.2) is 4.52 Å². The number of methoxy groups -OCH3 is 1. The molecule has 1 atom stereocenters. The van der Waals surface area contributed by atoms with Gasteiger partial charge in [0, 0.05) is 27.1 Å². The maximum atomic E-state index is 12.9. The lowest BCUT2D eigenvalue weighted by atomic mass is 9.77. The van der Waals surface area contributed by atoms with Crippen LogP contribution < -0.4 is 5.32 Å². The Bertz CT molecular complexity index is 595. The first-order chi connectivity index (χ1) is 12.0. The Morgan fingerprint density at radius 1 is 1.41 bits per heavy atom. The fourth-order valence-corrected chi connectivity index (χ4v) is 4.05. The fraction of sp³-hybridized carbons (Fsp3) is 0.824. The monoisotopic (exact) mass is 423 g/mol. The minimum Gasteiger partial charge on any atom is -0.384 e. The smallest absolute Gasteiger partial charge is 0.246 e. The molecule has 1 N–H and O–H groups in total. The zero-order valence-corrected chi connectivity index (χ0v) is 17.9. The van der Waals surface area contributed by atoms with Gasteiger partial charge < -0.3 is 19.5 Å². The van der Waals surface area contributed by atoms with Crippen molar-refractivity contribution >= 4 is 30.7 Å². The van der Waals surface area contributed by atoms with E-state index in [1.807, 2.05) is 7.05 Å². The zero-order valence-electron chi connectivity index (χ0n) is 16.3. The summed E-state index contributed by atoms with van der Waals surface area (Å²) in [4.78, 5) is 21.2. The van der Waals surface area contributed by atoms with Gasteiger partial charge in [-0.15, -0.1) is 24.8 Å². The summed E-state index contributed by atoms with van der Waals surface area (Å²) in [6.07, 6.45) is 3.85. The van der Waals surface area contributed by atoms with E-state index in [0.717, 1.165) is 38.9 Å². The molecule has 27 heavy (non-hydrogen) atoms. The highest BCUT2D eigenvalue weighted by Crippen LogP contribution is 2.41. The van der Waals surface area contributed by atoms with Crippen LogP contribution in [0.3, 0.4) is 0 Å². The van der Waals surface area contributed by atoms with Crippen LogP contribution in [-0.4, -0.2) is 79.3 Å². The number of aromatic nitrogens is 2. The van der Waals surface area contributed by atoms with Crippen molar-refractivity contribution in [3.05, 3.63) is 11.7 Å². The van der Waals surface area contributed by atoms with E-state index in [4.69, 9.17) is 9.26 Å². The quantitative estimate of drug-likeness (QED) is 0.733. The van der Waals surface area contributed by atoms with Gasteiger partial charge in [0.2, 0.25) is 11.8 Å². The van der Waals surface area contributed by atoms with Crippen molar-refractivity contribution in [2.24, 2.45) is 5.41 Å². The highest BCUT2D eigenvalue weighted by Gasteiger charge is 2.46. The number of likely N-dealkylation sites (tertiary alicyclic amines) is 1. The molecule has 1 spiro atoms. The van der Waals surface area contributed by atoms with E-state index in [2.05, 4.69) is 27.4 Å². The molecule has 0 bridgehead atoms. The number of amides is 1. The van der Waals surface area contributed by atoms with Crippen LogP contribution >= 0.6 is 24.8 Å². The number of likely N-dealkylation sites (N-methyl/N-ethyl adjacent to an activating group) is 2. The topological polar surface area (TPSA) is 83.7 Å². The number of carbonyl (C=O) groups excluding carboxylic acids is 1. The average molecular weight is 424 g/mol. The minimum absolute atomic E-state index is 0. The molecule has 0 saturated carbocycles. The molecule has 1 aromatic rings. The Balaban J connectivity index is 0.00000182. The van der Waals surface area contributed by atoms with Gasteiger partial charge in [0.1, 0.15) is 0 Å². The molecule has 0 radical (unpaired) electrons. The molecule has 3 rings (SSSR count). The van der Waals surface area contributed by atoms with Crippen LogP contribution in [0, 0.1) is 5.41 Å². The third-order valence-electron chi connectivity index (χ3n) is 5.48. The van der Waals surface area contributed by atoms with Gasteiger partial charge in [0.25, 0.3) is 0 Å². The summed E-state index contributed by atoms with van der Waals surface area (Å²) in [5, 5.41) is 7.34. The summed E-state index contributed by atoms with van der Waals surface area (Å²) in [6.45, 7) is 4.00. The third-order valence-corrected chi connectivity index (χ3v) is 5.48. The lowest BCUT2D eigenvalue weighted by Gasteiger charge is -2.33. The molecule has 156 valence electrons. The number of nitrogens with one attached hydrogen (secondary N) is 1. The number of hydrogen-bond donors (Lipinski definition) is 1. The highest BCUT2D eigenvalue weighted by molar-refractivity contribution is 5.85. The van der Waals surface area contributed by atoms with Crippen molar-refractivity contribution in [3.8, 4) is 0 Å². The average Bonchev–Trinajstić information content (AvgIpc) is 3.17. The normalized spacial score (nSPS) is 21.5. The van der Waals surface area contributed by atoms with E-state index in [9.17, 15) is 4.79 Å². The van der Waals surface area contributed by atoms with Crippen molar-refractivity contribution < 1.29 is 14.1 Å². The maximum absolute atomic E-state index is 12.9. The molecule has 1 amide bonds. The van der Waals surface area contributed by atoms with E-state index < -0.39 is 0 Å². The standard InChI is InChI=1S/C17H29N5O3.2ClH/c1-21(11-15-19-14(20-25-15)4-9-24-3)16(23)13-10-17(12-22(13)2)5-7-18-8-6-17;;/h13,18H,4-12H2,1-3H3;2*1H. The first-order valence-corrected chi connectivity index (χ1v) is 8.99. The lowest BCUT2D eigenvalue weighted by molar-refractivity contribution is -0.135. The summed E-state index contributed by atoms with van der Waals surface area (Å²) in [7, 11) is 5.51. The molecule has 1 unspecified atom stereocenters. The van der Waals surface area contributed by atoms with Crippen molar-refractivity contribution in [2.75, 3.05) is 47.4 Å². The molecule has 2 saturated heterocycles. The zero-order chi connectivity index (χ0) is 17.9. The second-order valence-corrected chi connectivity index (χ2v) is 7.43. The van der Waals surface area contributed by atoms with Gasteiger partial charge >= 0.3 is 0 Å². The molecule has 3 heterocycles. The summed E-state index contributed by atoms with van der Waals surface area (Å²) in [6, 6.07) is -0.0565. The molecular weight excluding hydrogens is 393 g/mol. The number of halogens is 2. The predicted molar refractivity (Wildman–Crippen MR) is 106 cm³/mol. The molecule has 10 heteroatoms. The summed E-state index contributed by atoms with van der Waals surface area (Å²) < 4.78 is 10.3. The second-order valence-electron chi connectivity index (χ2n) is 7.43. The van der Waals surface area contributed by atoms with E-state index in [-0.39, 0.29) is 36.8 Å². The number of piperidine rings is 1. The van der Waals surface area contributed by atoms with E-state index in [0.29, 0.717) is 36.7 Å². The Kier molecular flexibility index (Phi) is 9.44. The van der Waals surface area contributed by atoms with Crippen LogP contribution in [-0.2, 0) is 22.5 Å². The van der Waals surface area contributed by atoms with Gasteiger partial charge in [-0.1, -0.05) is 5.16 Å². The summed E-state index contributed by atoms with van der Waals surface area (Å²) in [5.74, 6) is 1.22. The molecule has 2 fully saturated rings. The number of nitrogens with zero attached hydrogens (tertiary/aromatic N) is 4. The first kappa shape index (κ1) is 24.1. The van der Waals surface area contributed by atoms with Gasteiger partial charge in [0.15, 0.2) is 5.82 Å². The lowest BCUT2D eigenvalue weighted by Crippen LogP contribution is -2.42. The van der Waals surface area contributed by atoms with Crippen molar-refractivity contribution in [1.82, 2.24) is 25.3 Å². The molecule has 1 aromatic heterocycles. The van der Waals surface area contributed by atoms with E-state index >= 15 is 0 Å². The third kappa shape index (κ3) is 5.77. The van der Waals surface area contributed by atoms with Crippen molar-refractivity contribution in [3.63, 3.8) is 0 Å². The first-order valence-electron chi connectivity index (χ1n) is 8.99. The van der Waals surface area contributed by atoms with Gasteiger partial charge in [-0.2, -0.15) is 4.98 Å². The van der Waals surface area contributed by atoms with Crippen LogP contribution in [0.4, 0.5) is 0 Å². The van der Waals surface area contributed by atoms with Crippen molar-refractivity contribution in [1.29, 1.82) is 0 Å². The van der Waals surface area contributed by atoms with Gasteiger partial charge in [-0.05, 0) is 44.8 Å². The Morgan fingerprint density at radius 2 is 2.11 bits per heavy atom. The van der Waals surface area contributed by atoms with Crippen LogP contribution in [0.5, 0.6) is 0 Å². The summed E-state index contributed by atoms with van der Waals surface area (Å²) >= 11 is 0. The number of carbonyl (C=O) groups is 1. The molecule has 0 aromatic carbocycles. The SMILES string of the molecule is COCCc1noc(CN(C)C(=O)C2CC3(CCNCC3)CN2C)n1.Cl.Cl. The van der Waals surface area contributed by atoms with Crippen LogP contribution in [0.1, 0.15) is 31.0 Å². The minimum atomic E-state index is -0.0565. The Labute approximate surface area is 173 Å². The molecule has 2 aliphatic heterocycles. The van der Waals surface area contributed by atoms with Gasteiger partial charge in [-0.25, -0.2) is 0 Å². The molecule has 2 aliphatic rings. The number of rotatable bonds is 6. The van der Waals surface area contributed by atoms with Crippen molar-refractivity contribution in [2.45, 2.75) is 38.3 Å². The second kappa shape index (κ2) is 10.6. The van der Waals surface area contributed by atoms with Crippen LogP contribution in [0.25, 0.3) is 0 Å². The Morgan fingerprint density at radius 3 is 2.78 bits per heavy atom.